The number of carbonyl (C=O) groups excluding carboxylic acids is 2. The number of nitrogens with zero attached hydrogens (tertiary/aromatic N) is 1. The number of hydrogen-bond acceptors (Lipinski definition) is 4. The second kappa shape index (κ2) is 11.8. The van der Waals surface area contributed by atoms with Crippen LogP contribution in [0.4, 0.5) is 0 Å². The molecule has 1 fully saturated rings. The molecule has 1 unspecified atom stereocenters. The van der Waals surface area contributed by atoms with E-state index in [1.165, 1.54) is 11.1 Å². The standard InChI is InChI=1S/C29H37NO4/c1-34-20-26-8-4-5-17-30(26)29(33)23-12-10-22(11-13-23)28(32)16-15-27(31)14-9-21-18-24-6-2-3-7-25(24)19-21/h2-3,6-7,10-13,21,26-27,31H,4-5,8-9,14-20H2,1H3/t26?,27-/m0/s1. The van der Waals surface area contributed by atoms with Crippen LogP contribution in [0.15, 0.2) is 48.5 Å². The zero-order chi connectivity index (χ0) is 23.9. The molecule has 2 aliphatic rings. The Morgan fingerprint density at radius 1 is 1.00 bits per heavy atom. The SMILES string of the molecule is COCC1CCCCN1C(=O)c1ccc(C(=O)CC[C@@H](O)CCC2Cc3ccccc3C2)cc1. The Kier molecular flexibility index (Phi) is 8.52. The van der Waals surface area contributed by atoms with Crippen LogP contribution in [0.1, 0.15) is 76.8 Å². The molecular weight excluding hydrogens is 426 g/mol. The van der Waals surface area contributed by atoms with Crippen molar-refractivity contribution in [2.75, 3.05) is 20.3 Å². The molecule has 1 saturated heterocycles. The second-order valence-electron chi connectivity index (χ2n) is 9.92. The topological polar surface area (TPSA) is 66.8 Å². The van der Waals surface area contributed by atoms with Gasteiger partial charge in [-0.3, -0.25) is 9.59 Å². The number of amides is 1. The molecule has 5 nitrogen and oxygen atoms in total. The fourth-order valence-corrected chi connectivity index (χ4v) is 5.47. The van der Waals surface area contributed by atoms with Gasteiger partial charge in [0.1, 0.15) is 0 Å². The van der Waals surface area contributed by atoms with E-state index in [0.717, 1.165) is 51.5 Å². The maximum absolute atomic E-state index is 13.0. The second-order valence-corrected chi connectivity index (χ2v) is 9.92. The van der Waals surface area contributed by atoms with Crippen LogP contribution in [-0.4, -0.2) is 54.1 Å². The molecule has 2 aromatic carbocycles. The molecule has 5 heteroatoms. The van der Waals surface area contributed by atoms with Crippen molar-refractivity contribution in [1.29, 1.82) is 0 Å². The summed E-state index contributed by atoms with van der Waals surface area (Å²) in [5.41, 5.74) is 4.08. The van der Waals surface area contributed by atoms with Crippen LogP contribution in [0.3, 0.4) is 0 Å². The van der Waals surface area contributed by atoms with Crippen molar-refractivity contribution in [2.24, 2.45) is 5.92 Å². The Morgan fingerprint density at radius 2 is 1.68 bits per heavy atom. The number of aliphatic hydroxyl groups is 1. The molecule has 0 radical (unpaired) electrons. The molecule has 2 aromatic rings. The van der Waals surface area contributed by atoms with Gasteiger partial charge in [-0.2, -0.15) is 0 Å². The molecule has 0 saturated carbocycles. The van der Waals surface area contributed by atoms with Crippen molar-refractivity contribution in [3.8, 4) is 0 Å². The molecule has 0 bridgehead atoms. The third-order valence-electron chi connectivity index (χ3n) is 7.45. The average Bonchev–Trinajstić information content (AvgIpc) is 3.29. The van der Waals surface area contributed by atoms with Gasteiger partial charge >= 0.3 is 0 Å². The smallest absolute Gasteiger partial charge is 0.254 e. The van der Waals surface area contributed by atoms with Crippen LogP contribution >= 0.6 is 0 Å². The number of piperidine rings is 1. The van der Waals surface area contributed by atoms with Crippen LogP contribution < -0.4 is 0 Å². The summed E-state index contributed by atoms with van der Waals surface area (Å²) in [6, 6.07) is 15.7. The number of rotatable bonds is 10. The quantitative estimate of drug-likeness (QED) is 0.512. The molecule has 182 valence electrons. The zero-order valence-electron chi connectivity index (χ0n) is 20.2. The van der Waals surface area contributed by atoms with Gasteiger partial charge in [-0.15, -0.1) is 0 Å². The van der Waals surface area contributed by atoms with Gasteiger partial charge in [0.2, 0.25) is 0 Å². The molecule has 1 amide bonds. The molecule has 4 rings (SSSR count). The number of fused-ring (bicyclic) bond motifs is 1. The lowest BCUT2D eigenvalue weighted by Crippen LogP contribution is -2.46. The van der Waals surface area contributed by atoms with Crippen LogP contribution in [-0.2, 0) is 17.6 Å². The lowest BCUT2D eigenvalue weighted by molar-refractivity contribution is 0.0428. The minimum atomic E-state index is -0.453. The first-order chi connectivity index (χ1) is 16.5. The van der Waals surface area contributed by atoms with Crippen molar-refractivity contribution in [2.45, 2.75) is 69.9 Å². The number of carbonyl (C=O) groups is 2. The number of aliphatic hydroxyl groups excluding tert-OH is 1. The minimum absolute atomic E-state index is 0.00485. The molecule has 0 spiro atoms. The fraction of sp³-hybridized carbons (Fsp3) is 0.517. The van der Waals surface area contributed by atoms with Gasteiger partial charge in [0.25, 0.3) is 5.91 Å². The first-order valence-corrected chi connectivity index (χ1v) is 12.7. The summed E-state index contributed by atoms with van der Waals surface area (Å²) in [5, 5.41) is 10.4. The van der Waals surface area contributed by atoms with Gasteiger partial charge in [-0.1, -0.05) is 36.4 Å². The third-order valence-corrected chi connectivity index (χ3v) is 7.45. The number of Topliss-reactive ketones (excluding diaryl/α,β-unsaturated/α-hetero) is 1. The molecule has 0 aromatic heterocycles. The summed E-state index contributed by atoms with van der Waals surface area (Å²) in [6.45, 7) is 1.30. The van der Waals surface area contributed by atoms with Gasteiger partial charge in [-0.05, 0) is 80.5 Å². The minimum Gasteiger partial charge on any atom is -0.393 e. The average molecular weight is 464 g/mol. The van der Waals surface area contributed by atoms with E-state index >= 15 is 0 Å². The third kappa shape index (κ3) is 6.13. The van der Waals surface area contributed by atoms with E-state index in [1.54, 1.807) is 31.4 Å². The molecule has 1 N–H and O–H groups in total. The van der Waals surface area contributed by atoms with Crippen LogP contribution in [0.25, 0.3) is 0 Å². The Hall–Kier alpha value is -2.50. The lowest BCUT2D eigenvalue weighted by Gasteiger charge is -2.35. The molecule has 34 heavy (non-hydrogen) atoms. The van der Waals surface area contributed by atoms with E-state index in [9.17, 15) is 14.7 Å². The summed E-state index contributed by atoms with van der Waals surface area (Å²) in [4.78, 5) is 27.5. The zero-order valence-corrected chi connectivity index (χ0v) is 20.2. The molecule has 1 aliphatic carbocycles. The summed E-state index contributed by atoms with van der Waals surface area (Å²) in [5.74, 6) is 0.614. The van der Waals surface area contributed by atoms with Gasteiger partial charge in [0.05, 0.1) is 18.8 Å². The number of benzene rings is 2. The molecule has 1 aliphatic heterocycles. The Bertz CT molecular complexity index is 943. The first kappa shape index (κ1) is 24.6. The highest BCUT2D eigenvalue weighted by atomic mass is 16.5. The highest BCUT2D eigenvalue weighted by Crippen LogP contribution is 2.30. The van der Waals surface area contributed by atoms with Crippen molar-refractivity contribution in [1.82, 2.24) is 4.90 Å². The summed E-state index contributed by atoms with van der Waals surface area (Å²) in [6.07, 6.45) is 7.35. The highest BCUT2D eigenvalue weighted by Gasteiger charge is 2.27. The number of likely N-dealkylation sites (tertiary alicyclic amines) is 1. The van der Waals surface area contributed by atoms with Gasteiger partial charge in [0.15, 0.2) is 5.78 Å². The summed E-state index contributed by atoms with van der Waals surface area (Å²) >= 11 is 0. The number of ether oxygens (including phenoxy) is 1. The summed E-state index contributed by atoms with van der Waals surface area (Å²) in [7, 11) is 1.67. The number of methoxy groups -OCH3 is 1. The van der Waals surface area contributed by atoms with Crippen molar-refractivity contribution >= 4 is 11.7 Å². The van der Waals surface area contributed by atoms with E-state index in [0.29, 0.717) is 36.5 Å². The lowest BCUT2D eigenvalue weighted by atomic mass is 9.95. The van der Waals surface area contributed by atoms with Crippen molar-refractivity contribution < 1.29 is 19.4 Å². The first-order valence-electron chi connectivity index (χ1n) is 12.7. The van der Waals surface area contributed by atoms with Gasteiger partial charge in [-0.25, -0.2) is 0 Å². The molecule has 1 heterocycles. The van der Waals surface area contributed by atoms with Gasteiger partial charge in [0, 0.05) is 31.2 Å². The largest absolute Gasteiger partial charge is 0.393 e. The van der Waals surface area contributed by atoms with Crippen molar-refractivity contribution in [3.63, 3.8) is 0 Å². The predicted molar refractivity (Wildman–Crippen MR) is 133 cm³/mol. The highest BCUT2D eigenvalue weighted by molar-refractivity contribution is 5.98. The van der Waals surface area contributed by atoms with E-state index in [4.69, 9.17) is 4.74 Å². The normalized spacial score (nSPS) is 19.1. The summed E-state index contributed by atoms with van der Waals surface area (Å²) < 4.78 is 5.30. The Balaban J connectivity index is 1.22. The van der Waals surface area contributed by atoms with E-state index in [2.05, 4.69) is 24.3 Å². The predicted octanol–water partition coefficient (Wildman–Crippen LogP) is 4.85. The fourth-order valence-electron chi connectivity index (χ4n) is 5.47. The van der Waals surface area contributed by atoms with E-state index < -0.39 is 6.10 Å². The molecular formula is C29H37NO4. The van der Waals surface area contributed by atoms with Crippen LogP contribution in [0, 0.1) is 5.92 Å². The van der Waals surface area contributed by atoms with Crippen molar-refractivity contribution in [3.05, 3.63) is 70.8 Å². The van der Waals surface area contributed by atoms with E-state index in [-0.39, 0.29) is 17.7 Å². The maximum atomic E-state index is 13.0. The monoisotopic (exact) mass is 463 g/mol. The number of hydrogen-bond donors (Lipinski definition) is 1. The van der Waals surface area contributed by atoms with E-state index in [1.807, 2.05) is 4.90 Å². The maximum Gasteiger partial charge on any atom is 0.254 e. The van der Waals surface area contributed by atoms with Gasteiger partial charge < -0.3 is 14.7 Å². The Morgan fingerprint density at radius 3 is 2.35 bits per heavy atom. The number of ketones is 1. The Labute approximate surface area is 203 Å². The van der Waals surface area contributed by atoms with Crippen LogP contribution in [0.2, 0.25) is 0 Å². The molecule has 2 atom stereocenters. The van der Waals surface area contributed by atoms with Crippen LogP contribution in [0.5, 0.6) is 0 Å².